The van der Waals surface area contributed by atoms with Crippen molar-refractivity contribution in [2.75, 3.05) is 33.0 Å². The molecule has 0 saturated carbocycles. The fraction of sp³-hybridized carbons (Fsp3) is 0.367. The van der Waals surface area contributed by atoms with Gasteiger partial charge in [0.15, 0.2) is 0 Å². The van der Waals surface area contributed by atoms with E-state index in [1.54, 1.807) is 6.92 Å². The van der Waals surface area contributed by atoms with E-state index in [0.29, 0.717) is 32.0 Å². The van der Waals surface area contributed by atoms with E-state index >= 15 is 0 Å². The van der Waals surface area contributed by atoms with Gasteiger partial charge in [0.1, 0.15) is 24.7 Å². The highest BCUT2D eigenvalue weighted by Gasteiger charge is 2.23. The highest BCUT2D eigenvalue weighted by atomic mass is 16.6. The molecule has 0 radical (unpaired) electrons. The van der Waals surface area contributed by atoms with Crippen molar-refractivity contribution in [3.8, 4) is 11.5 Å². The molecule has 3 aromatic carbocycles. The summed E-state index contributed by atoms with van der Waals surface area (Å²) in [6.07, 6.45) is 5.17. The third-order valence-electron chi connectivity index (χ3n) is 6.20. The predicted octanol–water partition coefficient (Wildman–Crippen LogP) is 5.85. The summed E-state index contributed by atoms with van der Waals surface area (Å²) >= 11 is 0. The molecule has 0 aliphatic heterocycles. The maximum Gasteiger partial charge on any atom is 0.333 e. The van der Waals surface area contributed by atoms with Crippen LogP contribution >= 0.6 is 0 Å². The Morgan fingerprint density at radius 1 is 0.771 bits per heavy atom. The molecule has 1 aliphatic carbocycles. The second-order valence-electron chi connectivity index (χ2n) is 8.83. The number of benzene rings is 3. The van der Waals surface area contributed by atoms with Crippen LogP contribution in [0.25, 0.3) is 10.8 Å². The lowest BCUT2D eigenvalue weighted by Gasteiger charge is -2.25. The van der Waals surface area contributed by atoms with Gasteiger partial charge in [0.25, 0.3) is 0 Å². The van der Waals surface area contributed by atoms with E-state index in [-0.39, 0.29) is 6.61 Å². The standard InChI is InChI=1S/C30H34O5/c1-22(2)30(31)35-21-19-32-18-20-34-29-26-14-8-6-12-24(26)28(25-13-7-9-15-27(25)29)33-17-16-23-10-4-3-5-11-23/h3-6,8,10-12,14H,1,7,9,13,15-21H2,2H3. The van der Waals surface area contributed by atoms with Crippen LogP contribution in [-0.2, 0) is 33.5 Å². The summed E-state index contributed by atoms with van der Waals surface area (Å²) in [5.41, 5.74) is 4.21. The van der Waals surface area contributed by atoms with Gasteiger partial charge >= 0.3 is 5.97 Å². The zero-order valence-electron chi connectivity index (χ0n) is 20.5. The summed E-state index contributed by atoms with van der Waals surface area (Å²) in [6, 6.07) is 18.8. The molecule has 0 amide bonds. The fourth-order valence-corrected chi connectivity index (χ4v) is 4.48. The Labute approximate surface area is 207 Å². The van der Waals surface area contributed by atoms with Crippen LogP contribution in [0, 0.1) is 0 Å². The molecule has 184 valence electrons. The van der Waals surface area contributed by atoms with Gasteiger partial charge in [-0.2, -0.15) is 0 Å². The molecule has 0 fully saturated rings. The quantitative estimate of drug-likeness (QED) is 0.187. The molecule has 0 aromatic heterocycles. The van der Waals surface area contributed by atoms with Crippen LogP contribution in [0.2, 0.25) is 0 Å². The minimum absolute atomic E-state index is 0.207. The Morgan fingerprint density at radius 3 is 1.97 bits per heavy atom. The highest BCUT2D eigenvalue weighted by Crippen LogP contribution is 2.44. The molecule has 1 aliphatic rings. The first kappa shape index (κ1) is 24.8. The number of hydrogen-bond acceptors (Lipinski definition) is 5. The molecule has 0 unspecified atom stereocenters. The lowest BCUT2D eigenvalue weighted by atomic mass is 9.87. The van der Waals surface area contributed by atoms with E-state index in [1.807, 2.05) is 12.1 Å². The van der Waals surface area contributed by atoms with E-state index in [9.17, 15) is 4.79 Å². The minimum atomic E-state index is -0.394. The third-order valence-corrected chi connectivity index (χ3v) is 6.20. The number of carbonyl (C=O) groups excluding carboxylic acids is 1. The smallest absolute Gasteiger partial charge is 0.333 e. The van der Waals surface area contributed by atoms with Crippen molar-refractivity contribution in [3.05, 3.63) is 83.4 Å². The summed E-state index contributed by atoms with van der Waals surface area (Å²) in [4.78, 5) is 11.4. The summed E-state index contributed by atoms with van der Waals surface area (Å²) < 4.78 is 23.4. The molecule has 0 N–H and O–H groups in total. The minimum Gasteiger partial charge on any atom is -0.492 e. The first-order valence-corrected chi connectivity index (χ1v) is 12.4. The molecule has 35 heavy (non-hydrogen) atoms. The van der Waals surface area contributed by atoms with Gasteiger partial charge in [-0.15, -0.1) is 0 Å². The van der Waals surface area contributed by atoms with Crippen molar-refractivity contribution in [2.45, 2.75) is 39.0 Å². The number of fused-ring (bicyclic) bond motifs is 2. The van der Waals surface area contributed by atoms with Crippen LogP contribution in [0.1, 0.15) is 36.5 Å². The van der Waals surface area contributed by atoms with Gasteiger partial charge in [0, 0.05) is 33.9 Å². The molecule has 0 bridgehead atoms. The van der Waals surface area contributed by atoms with Crippen molar-refractivity contribution >= 4 is 16.7 Å². The molecule has 0 heterocycles. The van der Waals surface area contributed by atoms with Crippen molar-refractivity contribution in [1.82, 2.24) is 0 Å². The van der Waals surface area contributed by atoms with Gasteiger partial charge < -0.3 is 18.9 Å². The zero-order valence-corrected chi connectivity index (χ0v) is 20.5. The highest BCUT2D eigenvalue weighted by molar-refractivity contribution is 5.96. The average molecular weight is 475 g/mol. The Bertz CT molecular complexity index is 1150. The number of carbonyl (C=O) groups is 1. The van der Waals surface area contributed by atoms with Crippen LogP contribution in [0.3, 0.4) is 0 Å². The molecule has 4 rings (SSSR count). The number of esters is 1. The van der Waals surface area contributed by atoms with E-state index < -0.39 is 5.97 Å². The summed E-state index contributed by atoms with van der Waals surface area (Å²) in [5, 5.41) is 2.18. The van der Waals surface area contributed by atoms with Crippen LogP contribution in [0.5, 0.6) is 11.5 Å². The van der Waals surface area contributed by atoms with Crippen LogP contribution in [-0.4, -0.2) is 39.0 Å². The maximum absolute atomic E-state index is 11.4. The Kier molecular flexibility index (Phi) is 8.79. The van der Waals surface area contributed by atoms with E-state index in [1.165, 1.54) is 16.7 Å². The SMILES string of the molecule is C=C(C)C(=O)OCCOCCOc1c2c(c(OCCc3ccccc3)c3ccccc13)CCCC2. The van der Waals surface area contributed by atoms with Crippen LogP contribution in [0.15, 0.2) is 66.7 Å². The van der Waals surface area contributed by atoms with E-state index in [0.717, 1.165) is 54.4 Å². The second-order valence-corrected chi connectivity index (χ2v) is 8.83. The Hall–Kier alpha value is -3.31. The molecule has 0 saturated heterocycles. The van der Waals surface area contributed by atoms with Crippen molar-refractivity contribution in [3.63, 3.8) is 0 Å². The zero-order chi connectivity index (χ0) is 24.5. The predicted molar refractivity (Wildman–Crippen MR) is 138 cm³/mol. The summed E-state index contributed by atoms with van der Waals surface area (Å²) in [6.45, 7) is 7.22. The van der Waals surface area contributed by atoms with Gasteiger partial charge in [0.2, 0.25) is 0 Å². The first-order valence-electron chi connectivity index (χ1n) is 12.4. The summed E-state index contributed by atoms with van der Waals surface area (Å²) in [7, 11) is 0. The Morgan fingerprint density at radius 2 is 1.34 bits per heavy atom. The van der Waals surface area contributed by atoms with E-state index in [4.69, 9.17) is 18.9 Å². The molecule has 0 spiro atoms. The molecule has 0 atom stereocenters. The van der Waals surface area contributed by atoms with Gasteiger partial charge in [-0.3, -0.25) is 0 Å². The van der Waals surface area contributed by atoms with Crippen LogP contribution < -0.4 is 9.47 Å². The Balaban J connectivity index is 1.44. The molecular formula is C30H34O5. The van der Waals surface area contributed by atoms with Crippen LogP contribution in [0.4, 0.5) is 0 Å². The maximum atomic E-state index is 11.4. The summed E-state index contributed by atoms with van der Waals surface area (Å²) in [5.74, 6) is 1.56. The number of rotatable bonds is 12. The largest absolute Gasteiger partial charge is 0.492 e. The van der Waals surface area contributed by atoms with Crippen molar-refractivity contribution < 1.29 is 23.7 Å². The van der Waals surface area contributed by atoms with Crippen molar-refractivity contribution in [1.29, 1.82) is 0 Å². The molecular weight excluding hydrogens is 440 g/mol. The molecule has 5 nitrogen and oxygen atoms in total. The molecule has 5 heteroatoms. The third kappa shape index (κ3) is 6.43. The normalized spacial score (nSPS) is 12.7. The van der Waals surface area contributed by atoms with Gasteiger partial charge in [-0.1, -0.05) is 61.2 Å². The lowest BCUT2D eigenvalue weighted by molar-refractivity contribution is -0.140. The van der Waals surface area contributed by atoms with Crippen molar-refractivity contribution in [2.24, 2.45) is 0 Å². The van der Waals surface area contributed by atoms with Gasteiger partial charge in [-0.25, -0.2) is 4.79 Å². The molecule has 3 aromatic rings. The lowest BCUT2D eigenvalue weighted by Crippen LogP contribution is -2.15. The number of hydrogen-bond donors (Lipinski definition) is 0. The second kappa shape index (κ2) is 12.4. The first-order chi connectivity index (χ1) is 17.1. The fourth-order valence-electron chi connectivity index (χ4n) is 4.48. The van der Waals surface area contributed by atoms with E-state index in [2.05, 4.69) is 49.0 Å². The number of ether oxygens (including phenoxy) is 4. The monoisotopic (exact) mass is 474 g/mol. The van der Waals surface area contributed by atoms with Gasteiger partial charge in [-0.05, 0) is 38.2 Å². The topological polar surface area (TPSA) is 54.0 Å². The van der Waals surface area contributed by atoms with Gasteiger partial charge in [0.05, 0.1) is 19.8 Å². The average Bonchev–Trinajstić information content (AvgIpc) is 2.89.